The topological polar surface area (TPSA) is 24.9 Å². The predicted octanol–water partition coefficient (Wildman–Crippen LogP) is 4.29. The molecule has 100 valence electrons. The summed E-state index contributed by atoms with van der Waals surface area (Å²) in [6, 6.07) is 18.6. The minimum Gasteiger partial charge on any atom is -0.309 e. The highest BCUT2D eigenvalue weighted by molar-refractivity contribution is 9.10. The summed E-state index contributed by atoms with van der Waals surface area (Å²) in [5.74, 6) is 0. The van der Waals surface area contributed by atoms with E-state index in [-0.39, 0.29) is 0 Å². The van der Waals surface area contributed by atoms with Crippen molar-refractivity contribution < 1.29 is 0 Å². The molecule has 0 saturated heterocycles. The summed E-state index contributed by atoms with van der Waals surface area (Å²) in [5, 5.41) is 4.71. The zero-order valence-electron chi connectivity index (χ0n) is 11.0. The molecule has 0 amide bonds. The molecular formula is C17H15BrN2. The maximum Gasteiger partial charge on any atom is 0.0705 e. The van der Waals surface area contributed by atoms with Gasteiger partial charge in [0.1, 0.15) is 0 Å². The number of para-hydroxylation sites is 1. The van der Waals surface area contributed by atoms with E-state index in [1.54, 1.807) is 0 Å². The van der Waals surface area contributed by atoms with Gasteiger partial charge >= 0.3 is 0 Å². The van der Waals surface area contributed by atoms with Crippen molar-refractivity contribution in [2.45, 2.75) is 13.1 Å². The second kappa shape index (κ2) is 6.16. The lowest BCUT2D eigenvalue weighted by molar-refractivity contribution is 0.694. The van der Waals surface area contributed by atoms with E-state index in [1.807, 2.05) is 24.4 Å². The fraction of sp³-hybridized carbons (Fsp3) is 0.118. The summed E-state index contributed by atoms with van der Waals surface area (Å²) in [7, 11) is 0. The van der Waals surface area contributed by atoms with Gasteiger partial charge in [-0.1, -0.05) is 52.3 Å². The van der Waals surface area contributed by atoms with Crippen LogP contribution in [0.1, 0.15) is 11.1 Å². The van der Waals surface area contributed by atoms with E-state index >= 15 is 0 Å². The monoisotopic (exact) mass is 326 g/mol. The summed E-state index contributed by atoms with van der Waals surface area (Å²) < 4.78 is 1.15. The van der Waals surface area contributed by atoms with Gasteiger partial charge in [0.25, 0.3) is 0 Å². The molecule has 20 heavy (non-hydrogen) atoms. The van der Waals surface area contributed by atoms with Crippen LogP contribution >= 0.6 is 15.9 Å². The Hall–Kier alpha value is -1.71. The van der Waals surface area contributed by atoms with Crippen molar-refractivity contribution in [2.75, 3.05) is 0 Å². The van der Waals surface area contributed by atoms with Crippen LogP contribution in [0.15, 0.2) is 65.3 Å². The Morgan fingerprint density at radius 3 is 2.50 bits per heavy atom. The molecule has 0 aliphatic rings. The summed E-state index contributed by atoms with van der Waals surface area (Å²) >= 11 is 3.57. The third-order valence-electron chi connectivity index (χ3n) is 3.33. The number of hydrogen-bond acceptors (Lipinski definition) is 2. The lowest BCUT2D eigenvalue weighted by Crippen LogP contribution is -2.13. The Kier molecular flexibility index (Phi) is 4.09. The van der Waals surface area contributed by atoms with Crippen LogP contribution in [0.4, 0.5) is 0 Å². The fourth-order valence-electron chi connectivity index (χ4n) is 2.28. The Labute approximate surface area is 127 Å². The number of nitrogens with one attached hydrogen (secondary N) is 1. The lowest BCUT2D eigenvalue weighted by Gasteiger charge is -2.09. The van der Waals surface area contributed by atoms with Crippen LogP contribution in [0.5, 0.6) is 0 Å². The molecule has 0 aliphatic carbocycles. The van der Waals surface area contributed by atoms with Gasteiger partial charge in [-0.25, -0.2) is 0 Å². The molecular weight excluding hydrogens is 312 g/mol. The maximum atomic E-state index is 4.39. The normalized spacial score (nSPS) is 10.8. The van der Waals surface area contributed by atoms with Crippen molar-refractivity contribution in [2.24, 2.45) is 0 Å². The Bertz CT molecular complexity index is 720. The lowest BCUT2D eigenvalue weighted by atomic mass is 10.1. The minimum absolute atomic E-state index is 0.838. The first-order valence-electron chi connectivity index (χ1n) is 6.61. The fourth-order valence-corrected chi connectivity index (χ4v) is 2.71. The second-order valence-corrected chi connectivity index (χ2v) is 5.54. The van der Waals surface area contributed by atoms with Gasteiger partial charge in [-0.3, -0.25) is 4.98 Å². The second-order valence-electron chi connectivity index (χ2n) is 4.68. The van der Waals surface area contributed by atoms with E-state index in [0.29, 0.717) is 0 Å². The number of benzene rings is 2. The molecule has 3 heteroatoms. The van der Waals surface area contributed by atoms with Crippen LogP contribution in [-0.2, 0) is 13.1 Å². The van der Waals surface area contributed by atoms with Crippen LogP contribution < -0.4 is 5.32 Å². The molecule has 1 heterocycles. The highest BCUT2D eigenvalue weighted by Crippen LogP contribution is 2.17. The molecule has 2 aromatic carbocycles. The van der Waals surface area contributed by atoms with Gasteiger partial charge in [-0.15, -0.1) is 0 Å². The molecule has 3 rings (SSSR count). The molecule has 2 nitrogen and oxygen atoms in total. The SMILES string of the molecule is Brc1ccccc1CNCc1ccnc2ccccc12. The Morgan fingerprint density at radius 2 is 1.60 bits per heavy atom. The quantitative estimate of drug-likeness (QED) is 0.773. The molecule has 0 radical (unpaired) electrons. The molecule has 3 aromatic rings. The number of pyridine rings is 1. The number of fused-ring (bicyclic) bond motifs is 1. The smallest absolute Gasteiger partial charge is 0.0705 e. The predicted molar refractivity (Wildman–Crippen MR) is 86.4 cm³/mol. The number of nitrogens with zero attached hydrogens (tertiary/aromatic N) is 1. The summed E-state index contributed by atoms with van der Waals surface area (Å²) in [6.45, 7) is 1.68. The minimum atomic E-state index is 0.838. The van der Waals surface area contributed by atoms with Crippen molar-refractivity contribution in [1.29, 1.82) is 0 Å². The van der Waals surface area contributed by atoms with Gasteiger partial charge in [0.2, 0.25) is 0 Å². The van der Waals surface area contributed by atoms with E-state index in [1.165, 1.54) is 16.5 Å². The van der Waals surface area contributed by atoms with Crippen LogP contribution in [0.25, 0.3) is 10.9 Å². The average Bonchev–Trinajstić information content (AvgIpc) is 2.49. The maximum absolute atomic E-state index is 4.39. The van der Waals surface area contributed by atoms with Gasteiger partial charge in [0.05, 0.1) is 5.52 Å². The van der Waals surface area contributed by atoms with Crippen LogP contribution in [0.2, 0.25) is 0 Å². The van der Waals surface area contributed by atoms with E-state index in [0.717, 1.165) is 23.1 Å². The molecule has 0 unspecified atom stereocenters. The number of hydrogen-bond donors (Lipinski definition) is 1. The van der Waals surface area contributed by atoms with Crippen LogP contribution in [-0.4, -0.2) is 4.98 Å². The zero-order chi connectivity index (χ0) is 13.8. The third-order valence-corrected chi connectivity index (χ3v) is 4.10. The molecule has 1 N–H and O–H groups in total. The first-order chi connectivity index (χ1) is 9.84. The summed E-state index contributed by atoms with van der Waals surface area (Å²) in [6.07, 6.45) is 1.87. The molecule has 1 aromatic heterocycles. The van der Waals surface area contributed by atoms with E-state index in [2.05, 4.69) is 62.6 Å². The highest BCUT2D eigenvalue weighted by Gasteiger charge is 2.02. The van der Waals surface area contributed by atoms with Crippen molar-refractivity contribution >= 4 is 26.8 Å². The number of aromatic nitrogens is 1. The van der Waals surface area contributed by atoms with Gasteiger partial charge in [-0.05, 0) is 29.3 Å². The van der Waals surface area contributed by atoms with Gasteiger partial charge in [0.15, 0.2) is 0 Å². The van der Waals surface area contributed by atoms with Crippen molar-refractivity contribution in [3.8, 4) is 0 Å². The first-order valence-corrected chi connectivity index (χ1v) is 7.40. The molecule has 0 bridgehead atoms. The Balaban J connectivity index is 1.73. The van der Waals surface area contributed by atoms with E-state index in [4.69, 9.17) is 0 Å². The average molecular weight is 327 g/mol. The zero-order valence-corrected chi connectivity index (χ0v) is 12.6. The van der Waals surface area contributed by atoms with Crippen molar-refractivity contribution in [3.05, 3.63) is 76.4 Å². The van der Waals surface area contributed by atoms with E-state index < -0.39 is 0 Å². The molecule has 0 atom stereocenters. The Morgan fingerprint density at radius 1 is 0.850 bits per heavy atom. The van der Waals surface area contributed by atoms with Crippen molar-refractivity contribution in [3.63, 3.8) is 0 Å². The van der Waals surface area contributed by atoms with Crippen LogP contribution in [0.3, 0.4) is 0 Å². The highest BCUT2D eigenvalue weighted by atomic mass is 79.9. The van der Waals surface area contributed by atoms with E-state index in [9.17, 15) is 0 Å². The van der Waals surface area contributed by atoms with Gasteiger partial charge in [-0.2, -0.15) is 0 Å². The molecule has 0 spiro atoms. The molecule has 0 saturated carbocycles. The summed E-state index contributed by atoms with van der Waals surface area (Å²) in [5.41, 5.74) is 3.60. The molecule has 0 fully saturated rings. The van der Waals surface area contributed by atoms with Crippen molar-refractivity contribution in [1.82, 2.24) is 10.3 Å². The standard InChI is InChI=1S/C17H15BrN2/c18-16-7-3-1-5-14(16)12-19-11-13-9-10-20-17-8-4-2-6-15(13)17/h1-10,19H,11-12H2. The molecule has 0 aliphatic heterocycles. The first kappa shape index (κ1) is 13.3. The number of halogens is 1. The summed E-state index contributed by atoms with van der Waals surface area (Å²) in [4.78, 5) is 4.39. The third kappa shape index (κ3) is 2.89. The largest absolute Gasteiger partial charge is 0.309 e. The van der Waals surface area contributed by atoms with Crippen LogP contribution in [0, 0.1) is 0 Å². The van der Waals surface area contributed by atoms with Gasteiger partial charge < -0.3 is 5.32 Å². The van der Waals surface area contributed by atoms with Gasteiger partial charge in [0, 0.05) is 29.1 Å². The number of rotatable bonds is 4.